The Labute approximate surface area is 388 Å². The van der Waals surface area contributed by atoms with Crippen molar-refractivity contribution in [2.24, 2.45) is 0 Å². The van der Waals surface area contributed by atoms with E-state index < -0.39 is 0 Å². The molecule has 0 spiro atoms. The van der Waals surface area contributed by atoms with Gasteiger partial charge in [-0.2, -0.15) is 0 Å². The van der Waals surface area contributed by atoms with Crippen LogP contribution in [0.4, 0.5) is 17.1 Å². The molecule has 314 valence electrons. The van der Waals surface area contributed by atoms with Crippen LogP contribution in [-0.2, 0) is 0 Å². The second-order valence-corrected chi connectivity index (χ2v) is 17.2. The Hall–Kier alpha value is -8.92. The fourth-order valence-corrected chi connectivity index (χ4v) is 9.97. The third-order valence-electron chi connectivity index (χ3n) is 13.3. The monoisotopic (exact) mass is 855 g/mol. The molecule has 2 heterocycles. The highest BCUT2D eigenvalue weighted by atomic mass is 16.3. The van der Waals surface area contributed by atoms with E-state index in [1.54, 1.807) is 0 Å². The van der Waals surface area contributed by atoms with Crippen molar-refractivity contribution in [2.75, 3.05) is 4.90 Å². The minimum Gasteiger partial charge on any atom is -0.456 e. The van der Waals surface area contributed by atoms with Crippen LogP contribution in [0.25, 0.3) is 110 Å². The predicted octanol–water partition coefficient (Wildman–Crippen LogP) is 18.4. The van der Waals surface area contributed by atoms with Crippen LogP contribution in [0.3, 0.4) is 0 Å². The molecule has 0 unspecified atom stereocenters. The van der Waals surface area contributed by atoms with Gasteiger partial charge in [0.1, 0.15) is 22.3 Å². The Morgan fingerprint density at radius 2 is 0.806 bits per heavy atom. The first-order valence-electron chi connectivity index (χ1n) is 22.8. The zero-order chi connectivity index (χ0) is 44.3. The van der Waals surface area contributed by atoms with Gasteiger partial charge in [0, 0.05) is 33.1 Å². The molecule has 0 aliphatic carbocycles. The van der Waals surface area contributed by atoms with Gasteiger partial charge in [0.15, 0.2) is 0 Å². The van der Waals surface area contributed by atoms with Crippen LogP contribution < -0.4 is 4.90 Å². The standard InChI is InChI=1S/C64H41NO2/c1-5-14-42(15-6-1)49-28-33-55-58-41-52(32-37-60(58)66-61(55)39-49)65(51-30-26-44(27-31-51)48-25-24-47-22-13-23-53(57(47)38-48)45-18-9-3-10-19-45)59-36-35-54(46-20-11-4-12-21-46)64-63(59)56-34-29-50(40-62(56)67-64)43-16-7-2-8-17-43/h1-41H. The molecule has 67 heavy (non-hydrogen) atoms. The third-order valence-corrected chi connectivity index (χ3v) is 13.3. The fourth-order valence-electron chi connectivity index (χ4n) is 9.97. The summed E-state index contributed by atoms with van der Waals surface area (Å²) in [4.78, 5) is 2.38. The van der Waals surface area contributed by atoms with Crippen molar-refractivity contribution in [1.29, 1.82) is 0 Å². The van der Waals surface area contributed by atoms with E-state index in [0.717, 1.165) is 99.9 Å². The smallest absolute Gasteiger partial charge is 0.145 e. The molecule has 13 rings (SSSR count). The zero-order valence-electron chi connectivity index (χ0n) is 36.4. The van der Waals surface area contributed by atoms with Gasteiger partial charge < -0.3 is 13.7 Å². The van der Waals surface area contributed by atoms with E-state index in [2.05, 4.69) is 248 Å². The summed E-state index contributed by atoms with van der Waals surface area (Å²) in [5.41, 5.74) is 17.9. The lowest BCUT2D eigenvalue weighted by atomic mass is 9.94. The van der Waals surface area contributed by atoms with Crippen molar-refractivity contribution in [3.05, 3.63) is 249 Å². The minimum absolute atomic E-state index is 0.841. The summed E-state index contributed by atoms with van der Waals surface area (Å²) in [6.07, 6.45) is 0. The largest absolute Gasteiger partial charge is 0.456 e. The number of furan rings is 2. The van der Waals surface area contributed by atoms with Gasteiger partial charge in [0.2, 0.25) is 0 Å². The highest BCUT2D eigenvalue weighted by Crippen LogP contribution is 2.48. The summed E-state index contributed by atoms with van der Waals surface area (Å²) in [7, 11) is 0. The normalized spacial score (nSPS) is 11.6. The molecule has 0 amide bonds. The number of rotatable bonds is 8. The van der Waals surface area contributed by atoms with Crippen molar-refractivity contribution in [2.45, 2.75) is 0 Å². The summed E-state index contributed by atoms with van der Waals surface area (Å²) >= 11 is 0. The molecule has 0 N–H and O–H groups in total. The second kappa shape index (κ2) is 16.0. The van der Waals surface area contributed by atoms with E-state index >= 15 is 0 Å². The molecule has 0 bridgehead atoms. The Balaban J connectivity index is 1.01. The molecule has 3 nitrogen and oxygen atoms in total. The average Bonchev–Trinajstić information content (AvgIpc) is 3.98. The minimum atomic E-state index is 0.841. The lowest BCUT2D eigenvalue weighted by Crippen LogP contribution is -2.10. The van der Waals surface area contributed by atoms with Crippen LogP contribution in [0.5, 0.6) is 0 Å². The Morgan fingerprint density at radius 1 is 0.269 bits per heavy atom. The van der Waals surface area contributed by atoms with Crippen LogP contribution in [0.1, 0.15) is 0 Å². The number of anilines is 3. The number of hydrogen-bond acceptors (Lipinski definition) is 3. The van der Waals surface area contributed by atoms with E-state index in [1.165, 1.54) is 27.5 Å². The van der Waals surface area contributed by atoms with E-state index in [0.29, 0.717) is 0 Å². The van der Waals surface area contributed by atoms with E-state index in [1.807, 2.05) is 6.07 Å². The predicted molar refractivity (Wildman–Crippen MR) is 280 cm³/mol. The number of hydrogen-bond donors (Lipinski definition) is 0. The topological polar surface area (TPSA) is 29.5 Å². The van der Waals surface area contributed by atoms with E-state index in [4.69, 9.17) is 8.83 Å². The van der Waals surface area contributed by atoms with Gasteiger partial charge in [-0.15, -0.1) is 0 Å². The second-order valence-electron chi connectivity index (χ2n) is 17.2. The van der Waals surface area contributed by atoms with Gasteiger partial charge in [-0.25, -0.2) is 0 Å². The summed E-state index contributed by atoms with van der Waals surface area (Å²) in [5.74, 6) is 0. The Kier molecular flexibility index (Phi) is 9.17. The maximum absolute atomic E-state index is 7.04. The van der Waals surface area contributed by atoms with E-state index in [-0.39, 0.29) is 0 Å². The molecular weight excluding hydrogens is 815 g/mol. The Bertz CT molecular complexity index is 3950. The lowest BCUT2D eigenvalue weighted by molar-refractivity contribution is 0.669. The van der Waals surface area contributed by atoms with Crippen molar-refractivity contribution in [3.8, 4) is 55.6 Å². The molecule has 0 radical (unpaired) electrons. The van der Waals surface area contributed by atoms with Crippen molar-refractivity contribution >= 4 is 71.7 Å². The summed E-state index contributed by atoms with van der Waals surface area (Å²) < 4.78 is 13.6. The Morgan fingerprint density at radius 3 is 1.48 bits per heavy atom. The van der Waals surface area contributed by atoms with E-state index in [9.17, 15) is 0 Å². The van der Waals surface area contributed by atoms with Crippen molar-refractivity contribution < 1.29 is 8.83 Å². The van der Waals surface area contributed by atoms with Gasteiger partial charge in [0.25, 0.3) is 0 Å². The lowest BCUT2D eigenvalue weighted by Gasteiger charge is -2.27. The average molecular weight is 856 g/mol. The molecule has 3 heteroatoms. The number of benzene rings is 11. The summed E-state index contributed by atoms with van der Waals surface area (Å²) in [6.45, 7) is 0. The molecule has 0 atom stereocenters. The van der Waals surface area contributed by atoms with Crippen molar-refractivity contribution in [1.82, 2.24) is 0 Å². The number of nitrogens with zero attached hydrogens (tertiary/aromatic N) is 1. The molecule has 0 aliphatic heterocycles. The molecular formula is C64H41NO2. The van der Waals surface area contributed by atoms with Crippen LogP contribution in [0, 0.1) is 0 Å². The zero-order valence-corrected chi connectivity index (χ0v) is 36.4. The third kappa shape index (κ3) is 6.76. The van der Waals surface area contributed by atoms with Gasteiger partial charge >= 0.3 is 0 Å². The van der Waals surface area contributed by atoms with Gasteiger partial charge in [-0.1, -0.05) is 176 Å². The fraction of sp³-hybridized carbons (Fsp3) is 0. The van der Waals surface area contributed by atoms with Gasteiger partial charge in [-0.05, 0) is 134 Å². The van der Waals surface area contributed by atoms with Crippen LogP contribution >= 0.6 is 0 Å². The first-order chi connectivity index (χ1) is 33.2. The van der Waals surface area contributed by atoms with Gasteiger partial charge in [0.05, 0.1) is 11.1 Å². The first kappa shape index (κ1) is 38.5. The first-order valence-corrected chi connectivity index (χ1v) is 22.8. The molecule has 0 aliphatic rings. The van der Waals surface area contributed by atoms with Crippen LogP contribution in [-0.4, -0.2) is 0 Å². The summed E-state index contributed by atoms with van der Waals surface area (Å²) in [6, 6.07) is 88.8. The molecule has 13 aromatic rings. The summed E-state index contributed by atoms with van der Waals surface area (Å²) in [5, 5.41) is 6.69. The molecule has 0 saturated heterocycles. The highest BCUT2D eigenvalue weighted by molar-refractivity contribution is 6.18. The van der Waals surface area contributed by atoms with Crippen molar-refractivity contribution in [3.63, 3.8) is 0 Å². The maximum Gasteiger partial charge on any atom is 0.145 e. The molecule has 11 aromatic carbocycles. The van der Waals surface area contributed by atoms with Gasteiger partial charge in [-0.3, -0.25) is 0 Å². The molecule has 0 fully saturated rings. The quantitative estimate of drug-likeness (QED) is 0.152. The molecule has 2 aromatic heterocycles. The van der Waals surface area contributed by atoms with Crippen LogP contribution in [0.2, 0.25) is 0 Å². The molecule has 0 saturated carbocycles. The SMILES string of the molecule is c1ccc(-c2ccc3c(c2)oc2ccc(N(c4ccc(-c5ccc6cccc(-c7ccccc7)c6c5)cc4)c4ccc(-c5ccccc5)c5oc6cc(-c7ccccc7)ccc6c45)cc23)cc1. The highest BCUT2D eigenvalue weighted by Gasteiger charge is 2.24. The van der Waals surface area contributed by atoms with Crippen LogP contribution in [0.15, 0.2) is 258 Å². The number of fused-ring (bicyclic) bond motifs is 7. The maximum atomic E-state index is 7.04.